The van der Waals surface area contributed by atoms with Crippen LogP contribution >= 0.6 is 0 Å². The molecule has 0 aromatic heterocycles. The Hall–Kier alpha value is -2.29. The minimum absolute atomic E-state index is 0.196. The smallest absolute Gasteiger partial charge is 0.230 e. The van der Waals surface area contributed by atoms with E-state index in [-0.39, 0.29) is 11.8 Å². The maximum Gasteiger partial charge on any atom is 0.230 e. The summed E-state index contributed by atoms with van der Waals surface area (Å²) in [5.74, 6) is 1.75. The fraction of sp³-hybridized carbons (Fsp3) is 0.381. The third kappa shape index (κ3) is 3.78. The van der Waals surface area contributed by atoms with Gasteiger partial charge in [-0.25, -0.2) is 0 Å². The molecule has 3 nitrogen and oxygen atoms in total. The van der Waals surface area contributed by atoms with Crippen LogP contribution in [0.15, 0.2) is 48.5 Å². The highest BCUT2D eigenvalue weighted by Crippen LogP contribution is 2.34. The molecule has 2 aromatic carbocycles. The van der Waals surface area contributed by atoms with Crippen molar-refractivity contribution in [2.45, 2.75) is 39.2 Å². The average molecular weight is 323 g/mol. The van der Waals surface area contributed by atoms with Crippen molar-refractivity contribution in [3.8, 4) is 5.75 Å². The summed E-state index contributed by atoms with van der Waals surface area (Å²) < 4.78 is 5.22. The molecule has 0 aliphatic heterocycles. The number of nitrogens with zero attached hydrogens (tertiary/aromatic N) is 1. The number of amides is 1. The monoisotopic (exact) mass is 323 g/mol. The van der Waals surface area contributed by atoms with Crippen molar-refractivity contribution in [2.75, 3.05) is 12.0 Å². The van der Waals surface area contributed by atoms with Crippen molar-refractivity contribution in [3.63, 3.8) is 0 Å². The lowest BCUT2D eigenvalue weighted by molar-refractivity contribution is -0.119. The van der Waals surface area contributed by atoms with Crippen molar-refractivity contribution in [1.29, 1.82) is 0 Å². The van der Waals surface area contributed by atoms with E-state index < -0.39 is 0 Å². The van der Waals surface area contributed by atoms with Gasteiger partial charge in [0.15, 0.2) is 0 Å². The molecule has 0 bridgehead atoms. The lowest BCUT2D eigenvalue weighted by Crippen LogP contribution is -2.31. The van der Waals surface area contributed by atoms with Crippen molar-refractivity contribution in [3.05, 3.63) is 59.7 Å². The van der Waals surface area contributed by atoms with Gasteiger partial charge in [0.1, 0.15) is 5.75 Å². The van der Waals surface area contributed by atoms with E-state index in [1.165, 1.54) is 5.56 Å². The molecule has 24 heavy (non-hydrogen) atoms. The molecule has 0 N–H and O–H groups in total. The van der Waals surface area contributed by atoms with Gasteiger partial charge >= 0.3 is 0 Å². The number of hydrogen-bond acceptors (Lipinski definition) is 2. The molecule has 1 aliphatic carbocycles. The molecule has 126 valence electrons. The van der Waals surface area contributed by atoms with Crippen LogP contribution in [0.2, 0.25) is 0 Å². The Morgan fingerprint density at radius 3 is 2.21 bits per heavy atom. The maximum atomic E-state index is 12.7. The van der Waals surface area contributed by atoms with Crippen LogP contribution in [-0.2, 0) is 11.3 Å². The zero-order valence-corrected chi connectivity index (χ0v) is 14.7. The second kappa shape index (κ2) is 7.08. The van der Waals surface area contributed by atoms with E-state index in [1.54, 1.807) is 7.11 Å². The SMILES string of the molecule is COc1ccc(N(Cc2ccc(C(C)C)cc2)C(=O)C2CC2)cc1. The first-order valence-corrected chi connectivity index (χ1v) is 8.62. The molecule has 2 aromatic rings. The van der Waals surface area contributed by atoms with E-state index in [0.29, 0.717) is 12.5 Å². The Kier molecular flexibility index (Phi) is 4.89. The van der Waals surface area contributed by atoms with Crippen molar-refractivity contribution in [1.82, 2.24) is 0 Å². The first-order chi connectivity index (χ1) is 11.6. The number of anilines is 1. The topological polar surface area (TPSA) is 29.5 Å². The molecule has 1 aliphatic rings. The lowest BCUT2D eigenvalue weighted by atomic mass is 10.0. The number of carbonyl (C=O) groups is 1. The fourth-order valence-corrected chi connectivity index (χ4v) is 2.80. The summed E-state index contributed by atoms with van der Waals surface area (Å²) in [7, 11) is 1.65. The van der Waals surface area contributed by atoms with Crippen LogP contribution < -0.4 is 9.64 Å². The summed E-state index contributed by atoms with van der Waals surface area (Å²) in [5.41, 5.74) is 3.41. The molecule has 0 radical (unpaired) electrons. The summed E-state index contributed by atoms with van der Waals surface area (Å²) >= 11 is 0. The van der Waals surface area contributed by atoms with Gasteiger partial charge in [0, 0.05) is 11.6 Å². The molecule has 0 spiro atoms. The molecule has 0 heterocycles. The van der Waals surface area contributed by atoms with Crippen LogP contribution in [-0.4, -0.2) is 13.0 Å². The Bertz CT molecular complexity index is 685. The van der Waals surface area contributed by atoms with Gasteiger partial charge in [-0.15, -0.1) is 0 Å². The molecule has 1 fully saturated rings. The van der Waals surface area contributed by atoms with Crippen molar-refractivity contribution >= 4 is 11.6 Å². The molecule has 1 saturated carbocycles. The Balaban J connectivity index is 1.82. The van der Waals surface area contributed by atoms with E-state index in [4.69, 9.17) is 4.74 Å². The van der Waals surface area contributed by atoms with Crippen LogP contribution in [0.3, 0.4) is 0 Å². The normalized spacial score (nSPS) is 13.8. The van der Waals surface area contributed by atoms with Crippen LogP contribution in [0.4, 0.5) is 5.69 Å². The summed E-state index contributed by atoms with van der Waals surface area (Å²) in [6.07, 6.45) is 2.02. The number of methoxy groups -OCH3 is 1. The first-order valence-electron chi connectivity index (χ1n) is 8.62. The summed E-state index contributed by atoms with van der Waals surface area (Å²) in [6, 6.07) is 16.3. The second-order valence-electron chi connectivity index (χ2n) is 6.79. The van der Waals surface area contributed by atoms with Crippen LogP contribution in [0.1, 0.15) is 43.7 Å². The van der Waals surface area contributed by atoms with Gasteiger partial charge in [-0.2, -0.15) is 0 Å². The quantitative estimate of drug-likeness (QED) is 0.767. The predicted octanol–water partition coefficient (Wildman–Crippen LogP) is 4.76. The van der Waals surface area contributed by atoms with Gasteiger partial charge in [0.2, 0.25) is 5.91 Å². The number of ether oxygens (including phenoxy) is 1. The van der Waals surface area contributed by atoms with E-state index in [0.717, 1.165) is 29.8 Å². The molecular formula is C21H25NO2. The zero-order chi connectivity index (χ0) is 17.1. The van der Waals surface area contributed by atoms with Gasteiger partial charge in [-0.1, -0.05) is 38.1 Å². The molecule has 0 unspecified atom stereocenters. The van der Waals surface area contributed by atoms with Crippen LogP contribution in [0.25, 0.3) is 0 Å². The number of rotatable bonds is 6. The van der Waals surface area contributed by atoms with Gasteiger partial charge in [-0.3, -0.25) is 4.79 Å². The largest absolute Gasteiger partial charge is 0.497 e. The fourth-order valence-electron chi connectivity index (χ4n) is 2.80. The molecule has 3 rings (SSSR count). The van der Waals surface area contributed by atoms with Crippen molar-refractivity contribution in [2.24, 2.45) is 5.92 Å². The standard InChI is InChI=1S/C21H25NO2/c1-15(2)17-6-4-16(5-7-17)14-22(21(23)18-8-9-18)19-10-12-20(24-3)13-11-19/h4-7,10-13,15,18H,8-9,14H2,1-3H3. The van der Waals surface area contributed by atoms with E-state index in [1.807, 2.05) is 29.2 Å². The molecule has 0 saturated heterocycles. The van der Waals surface area contributed by atoms with Gasteiger partial charge in [-0.05, 0) is 54.2 Å². The minimum Gasteiger partial charge on any atom is -0.497 e. The third-order valence-corrected chi connectivity index (χ3v) is 4.56. The highest BCUT2D eigenvalue weighted by atomic mass is 16.5. The Morgan fingerprint density at radius 1 is 1.08 bits per heavy atom. The lowest BCUT2D eigenvalue weighted by Gasteiger charge is -2.23. The van der Waals surface area contributed by atoms with Gasteiger partial charge in [0.05, 0.1) is 13.7 Å². The molecule has 3 heteroatoms. The molecule has 0 atom stereocenters. The van der Waals surface area contributed by atoms with Gasteiger partial charge < -0.3 is 9.64 Å². The highest BCUT2D eigenvalue weighted by Gasteiger charge is 2.34. The second-order valence-corrected chi connectivity index (χ2v) is 6.79. The first kappa shape index (κ1) is 16.6. The van der Waals surface area contributed by atoms with Crippen LogP contribution in [0, 0.1) is 5.92 Å². The summed E-state index contributed by atoms with van der Waals surface area (Å²) in [4.78, 5) is 14.6. The number of carbonyl (C=O) groups excluding carboxylic acids is 1. The average Bonchev–Trinajstić information content (AvgIpc) is 3.45. The predicted molar refractivity (Wildman–Crippen MR) is 97.4 cm³/mol. The third-order valence-electron chi connectivity index (χ3n) is 4.56. The van der Waals surface area contributed by atoms with Crippen molar-refractivity contribution < 1.29 is 9.53 Å². The summed E-state index contributed by atoms with van der Waals surface area (Å²) in [6.45, 7) is 4.99. The molecule has 1 amide bonds. The highest BCUT2D eigenvalue weighted by molar-refractivity contribution is 5.96. The maximum absolute atomic E-state index is 12.7. The van der Waals surface area contributed by atoms with E-state index in [9.17, 15) is 4.79 Å². The Labute approximate surface area is 144 Å². The number of hydrogen-bond donors (Lipinski definition) is 0. The van der Waals surface area contributed by atoms with Crippen LogP contribution in [0.5, 0.6) is 5.75 Å². The molecular weight excluding hydrogens is 298 g/mol. The van der Waals surface area contributed by atoms with E-state index >= 15 is 0 Å². The minimum atomic E-state index is 0.196. The number of benzene rings is 2. The van der Waals surface area contributed by atoms with E-state index in [2.05, 4.69) is 38.1 Å². The van der Waals surface area contributed by atoms with Gasteiger partial charge in [0.25, 0.3) is 0 Å². The summed E-state index contributed by atoms with van der Waals surface area (Å²) in [5, 5.41) is 0. The Morgan fingerprint density at radius 2 is 1.71 bits per heavy atom. The zero-order valence-electron chi connectivity index (χ0n) is 14.7.